The molecule has 0 spiro atoms. The van der Waals surface area contributed by atoms with Crippen molar-refractivity contribution in [1.29, 1.82) is 0 Å². The summed E-state index contributed by atoms with van der Waals surface area (Å²) < 4.78 is 13.4. The standard InChI is InChI=1S/C56H102N2O5/c1-9-12-15-18-20-21-23-26-30-52(60)62-46-35-37-55(5)45(41-46)42-50(63-54(61)44(28-24-17-14-11-3)29-25-22-19-16-13-10-2)53-48-33-32-47(56(48,6)38-36-49(53)55)43(4)31-34-51(59)57-39-27-40-58(7)8/h43-50,53H,9-42H2,1-8H3,(H,57,59)/t43-,44?,45+,46-,47-,48+,49+,50+,53+,55+,56-/m1/s1. The molecule has 4 aliphatic carbocycles. The zero-order chi connectivity index (χ0) is 45.7. The van der Waals surface area contributed by atoms with E-state index in [9.17, 15) is 14.4 Å². The zero-order valence-electron chi connectivity index (χ0n) is 42.7. The van der Waals surface area contributed by atoms with Gasteiger partial charge in [-0.25, -0.2) is 0 Å². The van der Waals surface area contributed by atoms with E-state index in [-0.39, 0.29) is 46.8 Å². The molecule has 63 heavy (non-hydrogen) atoms. The van der Waals surface area contributed by atoms with Gasteiger partial charge >= 0.3 is 11.9 Å². The number of nitrogens with one attached hydrogen (secondary N) is 1. The Balaban J connectivity index is 1.47. The molecular weight excluding hydrogens is 781 g/mol. The Kier molecular flexibility index (Phi) is 24.4. The van der Waals surface area contributed by atoms with Gasteiger partial charge in [0.2, 0.25) is 5.91 Å². The fourth-order valence-corrected chi connectivity index (χ4v) is 13.9. The van der Waals surface area contributed by atoms with E-state index < -0.39 is 0 Å². The van der Waals surface area contributed by atoms with Crippen LogP contribution in [0, 0.1) is 52.3 Å². The van der Waals surface area contributed by atoms with Crippen LogP contribution in [0.25, 0.3) is 0 Å². The number of ether oxygens (including phenoxy) is 2. The molecule has 0 heterocycles. The molecule has 1 amide bonds. The first-order valence-electron chi connectivity index (χ1n) is 27.7. The zero-order valence-corrected chi connectivity index (χ0v) is 42.7. The van der Waals surface area contributed by atoms with Gasteiger partial charge in [0.1, 0.15) is 12.2 Å². The molecule has 4 aliphatic rings. The van der Waals surface area contributed by atoms with Crippen LogP contribution in [0.4, 0.5) is 0 Å². The molecule has 4 saturated carbocycles. The molecule has 0 bridgehead atoms. The van der Waals surface area contributed by atoms with Gasteiger partial charge in [-0.15, -0.1) is 0 Å². The number of unbranched alkanes of at least 4 members (excludes halogenated alkanes) is 15. The summed E-state index contributed by atoms with van der Waals surface area (Å²) in [5.74, 6) is 3.16. The van der Waals surface area contributed by atoms with Crippen molar-refractivity contribution in [3.63, 3.8) is 0 Å². The fourth-order valence-electron chi connectivity index (χ4n) is 13.9. The summed E-state index contributed by atoms with van der Waals surface area (Å²) >= 11 is 0. The summed E-state index contributed by atoms with van der Waals surface area (Å²) in [5, 5.41) is 3.19. The monoisotopic (exact) mass is 883 g/mol. The van der Waals surface area contributed by atoms with Gasteiger partial charge in [0.05, 0.1) is 5.92 Å². The highest BCUT2D eigenvalue weighted by Gasteiger charge is 2.64. The maximum Gasteiger partial charge on any atom is 0.309 e. The molecule has 7 nitrogen and oxygen atoms in total. The normalized spacial score (nSPS) is 30.0. The molecule has 1 unspecified atom stereocenters. The van der Waals surface area contributed by atoms with Gasteiger partial charge in [-0.1, -0.05) is 151 Å². The third kappa shape index (κ3) is 16.6. The van der Waals surface area contributed by atoms with E-state index in [0.717, 1.165) is 90.1 Å². The molecule has 1 N–H and O–H groups in total. The van der Waals surface area contributed by atoms with Crippen LogP contribution >= 0.6 is 0 Å². The van der Waals surface area contributed by atoms with Crippen molar-refractivity contribution < 1.29 is 23.9 Å². The van der Waals surface area contributed by atoms with Crippen molar-refractivity contribution in [2.45, 2.75) is 259 Å². The van der Waals surface area contributed by atoms with Crippen LogP contribution in [0.3, 0.4) is 0 Å². The predicted molar refractivity (Wildman–Crippen MR) is 262 cm³/mol. The Labute approximate surface area is 389 Å². The number of nitrogens with zero attached hydrogens (tertiary/aromatic N) is 1. The molecule has 11 atom stereocenters. The van der Waals surface area contributed by atoms with Crippen molar-refractivity contribution in [1.82, 2.24) is 10.2 Å². The van der Waals surface area contributed by atoms with Crippen LogP contribution in [0.5, 0.6) is 0 Å². The Morgan fingerprint density at radius 1 is 0.635 bits per heavy atom. The van der Waals surface area contributed by atoms with Crippen LogP contribution in [-0.2, 0) is 23.9 Å². The highest BCUT2D eigenvalue weighted by Crippen LogP contribution is 2.69. The maximum atomic E-state index is 14.7. The molecule has 0 aliphatic heterocycles. The first kappa shape index (κ1) is 54.0. The largest absolute Gasteiger partial charge is 0.462 e. The lowest BCUT2D eigenvalue weighted by Crippen LogP contribution is -2.59. The van der Waals surface area contributed by atoms with Crippen molar-refractivity contribution in [2.24, 2.45) is 52.3 Å². The Hall–Kier alpha value is -1.63. The molecule has 4 rings (SSSR count). The molecule has 0 aromatic heterocycles. The summed E-state index contributed by atoms with van der Waals surface area (Å²) in [6, 6.07) is 0. The highest BCUT2D eigenvalue weighted by atomic mass is 16.5. The fraction of sp³-hybridized carbons (Fsp3) is 0.946. The second-order valence-electron chi connectivity index (χ2n) is 22.7. The van der Waals surface area contributed by atoms with Crippen molar-refractivity contribution in [3.05, 3.63) is 0 Å². The molecule has 0 aromatic carbocycles. The van der Waals surface area contributed by atoms with Crippen molar-refractivity contribution in [2.75, 3.05) is 27.2 Å². The van der Waals surface area contributed by atoms with Gasteiger partial charge in [-0.05, 0) is 145 Å². The lowest BCUT2D eigenvalue weighted by molar-refractivity contribution is -0.201. The average Bonchev–Trinajstić information content (AvgIpc) is 3.61. The maximum absolute atomic E-state index is 14.7. The van der Waals surface area contributed by atoms with Gasteiger partial charge < -0.3 is 19.7 Å². The van der Waals surface area contributed by atoms with Crippen LogP contribution in [-0.4, -0.2) is 62.1 Å². The predicted octanol–water partition coefficient (Wildman–Crippen LogP) is 14.4. The molecule has 0 radical (unpaired) electrons. The second kappa shape index (κ2) is 28.5. The van der Waals surface area contributed by atoms with Crippen LogP contribution in [0.1, 0.15) is 247 Å². The second-order valence-corrected chi connectivity index (χ2v) is 22.7. The number of fused-ring (bicyclic) bond motifs is 5. The van der Waals surface area contributed by atoms with Gasteiger partial charge in [-0.2, -0.15) is 0 Å². The first-order chi connectivity index (χ1) is 30.4. The summed E-state index contributed by atoms with van der Waals surface area (Å²) in [5.41, 5.74) is 0.360. The minimum atomic E-state index is -0.0679. The number of hydrogen-bond donors (Lipinski definition) is 1. The summed E-state index contributed by atoms with van der Waals surface area (Å²) in [6.45, 7) is 16.1. The van der Waals surface area contributed by atoms with E-state index >= 15 is 0 Å². The number of amides is 1. The molecule has 4 fully saturated rings. The van der Waals surface area contributed by atoms with Gasteiger partial charge in [0.15, 0.2) is 0 Å². The van der Waals surface area contributed by atoms with E-state index in [4.69, 9.17) is 9.47 Å². The third-order valence-corrected chi connectivity index (χ3v) is 17.7. The van der Waals surface area contributed by atoms with Crippen LogP contribution in [0.2, 0.25) is 0 Å². The molecule has 0 aromatic rings. The smallest absolute Gasteiger partial charge is 0.309 e. The minimum Gasteiger partial charge on any atom is -0.462 e. The van der Waals surface area contributed by atoms with Gasteiger partial charge in [0.25, 0.3) is 0 Å². The number of carbonyl (C=O) groups is 3. The Morgan fingerprint density at radius 3 is 1.84 bits per heavy atom. The van der Waals surface area contributed by atoms with E-state index in [2.05, 4.69) is 65.9 Å². The first-order valence-corrected chi connectivity index (χ1v) is 27.7. The molecule has 0 saturated heterocycles. The number of carbonyl (C=O) groups excluding carboxylic acids is 3. The summed E-state index contributed by atoms with van der Waals surface area (Å²) in [7, 11) is 4.16. The van der Waals surface area contributed by atoms with Crippen molar-refractivity contribution in [3.8, 4) is 0 Å². The molecule has 7 heteroatoms. The van der Waals surface area contributed by atoms with E-state index in [0.29, 0.717) is 48.3 Å². The van der Waals surface area contributed by atoms with E-state index in [1.807, 2.05) is 0 Å². The number of rotatable bonds is 32. The molecular formula is C56H102N2O5. The van der Waals surface area contributed by atoms with E-state index in [1.54, 1.807) is 0 Å². The van der Waals surface area contributed by atoms with Crippen LogP contribution in [0.15, 0.2) is 0 Å². The lowest BCUT2D eigenvalue weighted by atomic mass is 9.43. The minimum absolute atomic E-state index is 0.00320. The third-order valence-electron chi connectivity index (χ3n) is 17.7. The SMILES string of the molecule is CCCCCCCCCCC(=O)O[C@@H]1CC[C@@]2(C)[C@@H](C1)C[C@H](OC(=O)C(CCCCCC)CCCCCCCC)[C@@H]1[C@@H]2CC[C@]2(C)[C@@H]([C@H](C)CCC(=O)NCCCN(C)C)CC[C@@H]12. The Bertz CT molecular complexity index is 1300. The Morgan fingerprint density at radius 2 is 1.21 bits per heavy atom. The highest BCUT2D eigenvalue weighted by molar-refractivity contribution is 5.75. The topological polar surface area (TPSA) is 84.9 Å². The summed E-state index contributed by atoms with van der Waals surface area (Å²) in [6.07, 6.45) is 35.6. The average molecular weight is 883 g/mol. The van der Waals surface area contributed by atoms with Gasteiger partial charge in [0, 0.05) is 25.3 Å². The quantitative estimate of drug-likeness (QED) is 0.0535. The number of esters is 2. The number of hydrogen-bond acceptors (Lipinski definition) is 6. The van der Waals surface area contributed by atoms with Crippen molar-refractivity contribution >= 4 is 17.8 Å². The summed E-state index contributed by atoms with van der Waals surface area (Å²) in [4.78, 5) is 43.0. The van der Waals surface area contributed by atoms with E-state index in [1.165, 1.54) is 116 Å². The van der Waals surface area contributed by atoms with Crippen LogP contribution < -0.4 is 5.32 Å². The lowest BCUT2D eigenvalue weighted by Gasteiger charge is -2.63. The molecule has 366 valence electrons. The van der Waals surface area contributed by atoms with Gasteiger partial charge in [-0.3, -0.25) is 14.4 Å².